The van der Waals surface area contributed by atoms with Crippen LogP contribution in [0, 0.1) is 5.41 Å². The zero-order valence-electron chi connectivity index (χ0n) is 7.47. The van der Waals surface area contributed by atoms with Gasteiger partial charge in [0.05, 0.1) is 6.10 Å². The predicted octanol–water partition coefficient (Wildman–Crippen LogP) is 1.57. The van der Waals surface area contributed by atoms with E-state index in [2.05, 4.69) is 6.92 Å². The maximum atomic E-state index is 9.13. The number of hydrogen-bond donors (Lipinski definition) is 1. The summed E-state index contributed by atoms with van der Waals surface area (Å²) < 4.78 is 5.17. The van der Waals surface area contributed by atoms with Crippen LogP contribution in [0.2, 0.25) is 0 Å². The molecular formula is C9H18O2. The molecule has 0 heterocycles. The van der Waals surface area contributed by atoms with Gasteiger partial charge < -0.3 is 9.84 Å². The van der Waals surface area contributed by atoms with Gasteiger partial charge in [-0.3, -0.25) is 0 Å². The predicted molar refractivity (Wildman–Crippen MR) is 44.5 cm³/mol. The molecule has 0 bridgehead atoms. The Hall–Kier alpha value is -0.0800. The van der Waals surface area contributed by atoms with Gasteiger partial charge in [0.25, 0.3) is 0 Å². The summed E-state index contributed by atoms with van der Waals surface area (Å²) in [5.74, 6) is 0. The molecule has 1 unspecified atom stereocenters. The number of aliphatic hydroxyl groups is 1. The minimum Gasteiger partial charge on any atom is -0.396 e. The topological polar surface area (TPSA) is 29.5 Å². The summed E-state index contributed by atoms with van der Waals surface area (Å²) >= 11 is 0. The maximum Gasteiger partial charge on any atom is 0.0549 e. The van der Waals surface area contributed by atoms with Crippen molar-refractivity contribution in [1.82, 2.24) is 0 Å². The van der Waals surface area contributed by atoms with E-state index in [-0.39, 0.29) is 5.41 Å². The quantitative estimate of drug-likeness (QED) is 0.673. The Labute approximate surface area is 68.6 Å². The molecule has 1 fully saturated rings. The van der Waals surface area contributed by atoms with Crippen LogP contribution in [0.3, 0.4) is 0 Å². The number of hydrogen-bond acceptors (Lipinski definition) is 2. The number of methoxy groups -OCH3 is 1. The summed E-state index contributed by atoms with van der Waals surface area (Å²) in [6.07, 6.45) is 4.94. The second-order valence-electron chi connectivity index (χ2n) is 3.76. The molecule has 0 aliphatic heterocycles. The smallest absolute Gasteiger partial charge is 0.0549 e. The molecule has 0 saturated heterocycles. The van der Waals surface area contributed by atoms with Crippen LogP contribution in [0.4, 0.5) is 0 Å². The standard InChI is InChI=1S/C9H18O2/c1-8(11-2)6-9(7-10)4-3-5-9/h8,10H,3-7H2,1-2H3. The van der Waals surface area contributed by atoms with Gasteiger partial charge >= 0.3 is 0 Å². The van der Waals surface area contributed by atoms with Crippen LogP contribution in [0.15, 0.2) is 0 Å². The zero-order valence-corrected chi connectivity index (χ0v) is 7.47. The molecule has 0 aromatic rings. The van der Waals surface area contributed by atoms with Gasteiger partial charge in [0, 0.05) is 13.7 Å². The van der Waals surface area contributed by atoms with Crippen LogP contribution in [0.25, 0.3) is 0 Å². The van der Waals surface area contributed by atoms with E-state index in [9.17, 15) is 0 Å². The number of rotatable bonds is 4. The molecule has 66 valence electrons. The average molecular weight is 158 g/mol. The van der Waals surface area contributed by atoms with Crippen molar-refractivity contribution in [2.75, 3.05) is 13.7 Å². The van der Waals surface area contributed by atoms with Crippen molar-refractivity contribution in [2.24, 2.45) is 5.41 Å². The van der Waals surface area contributed by atoms with E-state index in [0.717, 1.165) is 6.42 Å². The summed E-state index contributed by atoms with van der Waals surface area (Å²) in [5.41, 5.74) is 0.218. The summed E-state index contributed by atoms with van der Waals surface area (Å²) in [4.78, 5) is 0. The molecule has 1 rings (SSSR count). The molecule has 1 N–H and O–H groups in total. The minimum atomic E-state index is 0.218. The molecule has 11 heavy (non-hydrogen) atoms. The van der Waals surface area contributed by atoms with E-state index in [4.69, 9.17) is 9.84 Å². The van der Waals surface area contributed by atoms with Gasteiger partial charge in [-0.1, -0.05) is 6.42 Å². The largest absolute Gasteiger partial charge is 0.396 e. The molecular weight excluding hydrogens is 140 g/mol. The molecule has 1 saturated carbocycles. The monoisotopic (exact) mass is 158 g/mol. The highest BCUT2D eigenvalue weighted by Crippen LogP contribution is 2.44. The van der Waals surface area contributed by atoms with E-state index in [1.54, 1.807) is 7.11 Å². The molecule has 2 heteroatoms. The molecule has 0 aromatic heterocycles. The van der Waals surface area contributed by atoms with Gasteiger partial charge in [0.2, 0.25) is 0 Å². The Morgan fingerprint density at radius 3 is 2.45 bits per heavy atom. The van der Waals surface area contributed by atoms with Crippen LogP contribution in [-0.4, -0.2) is 24.9 Å². The van der Waals surface area contributed by atoms with Crippen molar-refractivity contribution in [3.05, 3.63) is 0 Å². The van der Waals surface area contributed by atoms with Crippen LogP contribution in [0.5, 0.6) is 0 Å². The van der Waals surface area contributed by atoms with Crippen molar-refractivity contribution in [3.8, 4) is 0 Å². The highest BCUT2D eigenvalue weighted by atomic mass is 16.5. The lowest BCUT2D eigenvalue weighted by Crippen LogP contribution is -2.36. The van der Waals surface area contributed by atoms with E-state index in [1.807, 2.05) is 0 Å². The van der Waals surface area contributed by atoms with Crippen LogP contribution in [0.1, 0.15) is 32.6 Å². The summed E-state index contributed by atoms with van der Waals surface area (Å²) in [6, 6.07) is 0. The number of ether oxygens (including phenoxy) is 1. The van der Waals surface area contributed by atoms with Crippen LogP contribution in [-0.2, 0) is 4.74 Å². The highest BCUT2D eigenvalue weighted by molar-refractivity contribution is 4.88. The van der Waals surface area contributed by atoms with Gasteiger partial charge in [0.1, 0.15) is 0 Å². The Balaban J connectivity index is 2.32. The lowest BCUT2D eigenvalue weighted by atomic mass is 9.66. The third kappa shape index (κ3) is 1.94. The summed E-state index contributed by atoms with van der Waals surface area (Å²) in [5, 5.41) is 9.13. The summed E-state index contributed by atoms with van der Waals surface area (Å²) in [7, 11) is 1.73. The molecule has 0 spiro atoms. The first-order valence-electron chi connectivity index (χ1n) is 4.36. The molecule has 0 amide bonds. The Kier molecular flexibility index (Phi) is 2.90. The minimum absolute atomic E-state index is 0.218. The lowest BCUT2D eigenvalue weighted by Gasteiger charge is -2.41. The average Bonchev–Trinajstić information content (AvgIpc) is 1.96. The van der Waals surface area contributed by atoms with Gasteiger partial charge in [-0.05, 0) is 31.6 Å². The highest BCUT2D eigenvalue weighted by Gasteiger charge is 2.37. The molecule has 1 aliphatic rings. The molecule has 2 nitrogen and oxygen atoms in total. The third-order valence-electron chi connectivity index (χ3n) is 2.87. The maximum absolute atomic E-state index is 9.13. The second kappa shape index (κ2) is 3.55. The van der Waals surface area contributed by atoms with Crippen molar-refractivity contribution >= 4 is 0 Å². The SMILES string of the molecule is COC(C)CC1(CO)CCC1. The normalized spacial score (nSPS) is 24.3. The fourth-order valence-electron chi connectivity index (χ4n) is 1.80. The van der Waals surface area contributed by atoms with Crippen LogP contribution < -0.4 is 0 Å². The van der Waals surface area contributed by atoms with Crippen molar-refractivity contribution in [2.45, 2.75) is 38.7 Å². The Morgan fingerprint density at radius 2 is 2.18 bits per heavy atom. The van der Waals surface area contributed by atoms with Crippen molar-refractivity contribution in [1.29, 1.82) is 0 Å². The molecule has 0 aromatic carbocycles. The fourth-order valence-corrected chi connectivity index (χ4v) is 1.80. The van der Waals surface area contributed by atoms with E-state index < -0.39 is 0 Å². The van der Waals surface area contributed by atoms with E-state index >= 15 is 0 Å². The van der Waals surface area contributed by atoms with E-state index in [1.165, 1.54) is 19.3 Å². The van der Waals surface area contributed by atoms with Gasteiger partial charge in [-0.25, -0.2) is 0 Å². The Morgan fingerprint density at radius 1 is 1.55 bits per heavy atom. The Bertz CT molecular complexity index is 113. The molecule has 1 atom stereocenters. The first kappa shape index (κ1) is 9.01. The fraction of sp³-hybridized carbons (Fsp3) is 1.00. The molecule has 1 aliphatic carbocycles. The number of aliphatic hydroxyl groups excluding tert-OH is 1. The lowest BCUT2D eigenvalue weighted by molar-refractivity contribution is -0.0155. The van der Waals surface area contributed by atoms with E-state index in [0.29, 0.717) is 12.7 Å². The summed E-state index contributed by atoms with van der Waals surface area (Å²) in [6.45, 7) is 2.40. The second-order valence-corrected chi connectivity index (χ2v) is 3.76. The van der Waals surface area contributed by atoms with Gasteiger partial charge in [-0.15, -0.1) is 0 Å². The zero-order chi connectivity index (χ0) is 8.32. The third-order valence-corrected chi connectivity index (χ3v) is 2.87. The first-order chi connectivity index (χ1) is 5.22. The van der Waals surface area contributed by atoms with Crippen LogP contribution >= 0.6 is 0 Å². The van der Waals surface area contributed by atoms with Gasteiger partial charge in [-0.2, -0.15) is 0 Å². The van der Waals surface area contributed by atoms with Gasteiger partial charge in [0.15, 0.2) is 0 Å². The van der Waals surface area contributed by atoms with Crippen molar-refractivity contribution < 1.29 is 9.84 Å². The van der Waals surface area contributed by atoms with Crippen molar-refractivity contribution in [3.63, 3.8) is 0 Å². The first-order valence-corrected chi connectivity index (χ1v) is 4.36. The molecule has 0 radical (unpaired) electrons.